The number of ether oxygens (including phenoxy) is 1. The van der Waals surface area contributed by atoms with Crippen LogP contribution >= 0.6 is 34.8 Å². The number of hydrogen-bond acceptors (Lipinski definition) is 5. The van der Waals surface area contributed by atoms with Crippen molar-refractivity contribution in [2.75, 3.05) is 6.61 Å². The Morgan fingerprint density at radius 3 is 1.98 bits per heavy atom. The highest BCUT2D eigenvalue weighted by Gasteiger charge is 2.59. The van der Waals surface area contributed by atoms with Gasteiger partial charge in [-0.1, -0.05) is 47.5 Å². The summed E-state index contributed by atoms with van der Waals surface area (Å²) in [6, 6.07) is 18.9. The van der Waals surface area contributed by atoms with Gasteiger partial charge in [-0.25, -0.2) is 13.1 Å². The summed E-state index contributed by atoms with van der Waals surface area (Å²) in [5.41, 5.74) is -0.966. The molecule has 0 aliphatic carbocycles. The first-order valence-electron chi connectivity index (χ1n) is 13.0. The Kier molecular flexibility index (Phi) is 8.58. The van der Waals surface area contributed by atoms with Crippen LogP contribution < -0.4 is 9.46 Å². The Labute approximate surface area is 256 Å². The number of halogens is 3. The number of sulfonamides is 1. The number of amides is 1. The van der Waals surface area contributed by atoms with Crippen molar-refractivity contribution in [3.63, 3.8) is 0 Å². The molecule has 2 atom stereocenters. The van der Waals surface area contributed by atoms with E-state index in [1.54, 1.807) is 58.0 Å². The highest BCUT2D eigenvalue weighted by atomic mass is 35.5. The van der Waals surface area contributed by atoms with Crippen LogP contribution in [0, 0.1) is 0 Å². The number of hydrogen-bond donors (Lipinski definition) is 1. The van der Waals surface area contributed by atoms with E-state index < -0.39 is 32.0 Å². The van der Waals surface area contributed by atoms with E-state index in [1.165, 1.54) is 17.0 Å². The third-order valence-corrected chi connectivity index (χ3v) is 9.60. The van der Waals surface area contributed by atoms with Crippen LogP contribution in [-0.2, 0) is 21.1 Å². The van der Waals surface area contributed by atoms with Gasteiger partial charge in [0, 0.05) is 21.7 Å². The van der Waals surface area contributed by atoms with Crippen molar-refractivity contribution < 1.29 is 17.9 Å². The van der Waals surface area contributed by atoms with Crippen LogP contribution in [0.4, 0.5) is 4.79 Å². The van der Waals surface area contributed by atoms with E-state index in [1.807, 2.05) is 38.1 Å². The van der Waals surface area contributed by atoms with Gasteiger partial charge in [-0.15, -0.1) is 0 Å². The van der Waals surface area contributed by atoms with Crippen LogP contribution in [0.1, 0.15) is 58.2 Å². The van der Waals surface area contributed by atoms with Crippen LogP contribution in [0.15, 0.2) is 76.6 Å². The average Bonchev–Trinajstić information content (AvgIpc) is 3.12. The number of carbonyl (C=O) groups excluding carboxylic acids is 1. The Morgan fingerprint density at radius 2 is 1.49 bits per heavy atom. The van der Waals surface area contributed by atoms with Gasteiger partial charge >= 0.3 is 5.37 Å². The van der Waals surface area contributed by atoms with Crippen molar-refractivity contribution in [2.24, 2.45) is 4.99 Å². The molecular weight excluding hydrogens is 605 g/mol. The smallest absolute Gasteiger partial charge is 0.322 e. The molecule has 7 nitrogen and oxygen atoms in total. The van der Waals surface area contributed by atoms with Crippen molar-refractivity contribution in [3.05, 3.63) is 93.5 Å². The van der Waals surface area contributed by atoms with Crippen LogP contribution in [0.5, 0.6) is 5.75 Å². The molecule has 0 saturated carbocycles. The molecule has 0 unspecified atom stereocenters. The van der Waals surface area contributed by atoms with Crippen molar-refractivity contribution in [1.82, 2.24) is 9.62 Å². The van der Waals surface area contributed by atoms with Crippen molar-refractivity contribution in [3.8, 4) is 5.75 Å². The molecule has 3 aromatic rings. The minimum absolute atomic E-state index is 0.0166. The zero-order valence-electron chi connectivity index (χ0n) is 23.6. The molecule has 3 aromatic carbocycles. The first-order chi connectivity index (χ1) is 19.0. The molecule has 41 heavy (non-hydrogen) atoms. The number of amidine groups is 1. The van der Waals surface area contributed by atoms with Gasteiger partial charge in [-0.05, 0) is 101 Å². The lowest BCUT2D eigenvalue weighted by molar-refractivity contribution is 0.149. The molecule has 1 amide bonds. The van der Waals surface area contributed by atoms with Gasteiger partial charge in [-0.3, -0.25) is 14.7 Å². The standard InChI is InChI=1S/C30H32Cl3N3O4S/c1-7-40-25-18-23(41(38,39)35-28(2,3)4)16-17-24(25)26-34-29(5,19-8-12-21(31)13-9-19)30(6,36(26)27(33)37)20-10-14-22(32)15-11-20/h8-18,35H,7H2,1-6H3/t29-,30-/m0/s1. The SMILES string of the molecule is CCOc1cc(S(=O)(=O)NC(C)(C)C)ccc1C1=N[C@@](C)(c2ccc(Cl)cc2)[C@](C)(c2ccc(Cl)cc2)N1C(=O)Cl. The van der Waals surface area contributed by atoms with E-state index in [2.05, 4.69) is 4.72 Å². The fraction of sp³-hybridized carbons (Fsp3) is 0.333. The van der Waals surface area contributed by atoms with E-state index in [0.717, 1.165) is 11.1 Å². The Balaban J connectivity index is 2.00. The molecule has 0 aromatic heterocycles. The molecule has 0 fully saturated rings. The predicted molar refractivity (Wildman–Crippen MR) is 165 cm³/mol. The van der Waals surface area contributed by atoms with Crippen molar-refractivity contribution >= 4 is 56.0 Å². The Hall–Kier alpha value is -2.62. The lowest BCUT2D eigenvalue weighted by atomic mass is 9.71. The maximum atomic E-state index is 13.3. The highest BCUT2D eigenvalue weighted by Crippen LogP contribution is 2.54. The Bertz CT molecular complexity index is 1600. The maximum absolute atomic E-state index is 13.3. The molecule has 1 N–H and O–H groups in total. The fourth-order valence-corrected chi connectivity index (χ4v) is 7.07. The molecule has 1 aliphatic heterocycles. The zero-order valence-corrected chi connectivity index (χ0v) is 26.7. The van der Waals surface area contributed by atoms with E-state index in [-0.39, 0.29) is 23.1 Å². The summed E-state index contributed by atoms with van der Waals surface area (Å²) in [6.45, 7) is 11.1. The molecule has 1 heterocycles. The molecule has 0 spiro atoms. The molecule has 0 bridgehead atoms. The lowest BCUT2D eigenvalue weighted by Crippen LogP contribution is -2.53. The fourth-order valence-electron chi connectivity index (χ4n) is 5.14. The molecule has 1 aliphatic rings. The third-order valence-electron chi connectivity index (χ3n) is 7.17. The van der Waals surface area contributed by atoms with Crippen molar-refractivity contribution in [2.45, 2.75) is 63.1 Å². The topological polar surface area (TPSA) is 88.1 Å². The number of benzene rings is 3. The maximum Gasteiger partial charge on any atom is 0.322 e. The second-order valence-corrected chi connectivity index (χ2v) is 14.0. The molecular formula is C30H32Cl3N3O4S. The Morgan fingerprint density at radius 1 is 0.951 bits per heavy atom. The summed E-state index contributed by atoms with van der Waals surface area (Å²) in [4.78, 5) is 19.9. The molecule has 4 rings (SSSR count). The number of aliphatic imine (C=N–C) groups is 1. The number of nitrogens with zero attached hydrogens (tertiary/aromatic N) is 2. The minimum atomic E-state index is -3.87. The lowest BCUT2D eigenvalue weighted by Gasteiger charge is -2.44. The van der Waals surface area contributed by atoms with Gasteiger partial charge in [0.2, 0.25) is 10.0 Å². The number of rotatable bonds is 7. The van der Waals surface area contributed by atoms with Crippen LogP contribution in [0.2, 0.25) is 10.0 Å². The van der Waals surface area contributed by atoms with Gasteiger partial charge in [0.25, 0.3) is 0 Å². The second kappa shape index (κ2) is 11.2. The minimum Gasteiger partial charge on any atom is -0.493 e. The van der Waals surface area contributed by atoms with Crippen LogP contribution in [0.25, 0.3) is 0 Å². The van der Waals surface area contributed by atoms with Gasteiger partial charge in [0.15, 0.2) is 0 Å². The first kappa shape index (κ1) is 31.3. The molecule has 11 heteroatoms. The monoisotopic (exact) mass is 635 g/mol. The summed E-state index contributed by atoms with van der Waals surface area (Å²) < 4.78 is 34.9. The van der Waals surface area contributed by atoms with Crippen LogP contribution in [0.3, 0.4) is 0 Å². The third kappa shape index (κ3) is 5.86. The van der Waals surface area contributed by atoms with Gasteiger partial charge in [-0.2, -0.15) is 0 Å². The normalized spacial score (nSPS) is 21.1. The largest absolute Gasteiger partial charge is 0.493 e. The van der Waals surface area contributed by atoms with Crippen molar-refractivity contribution in [1.29, 1.82) is 0 Å². The molecule has 218 valence electrons. The van der Waals surface area contributed by atoms with E-state index in [9.17, 15) is 13.2 Å². The van der Waals surface area contributed by atoms with E-state index in [4.69, 9.17) is 44.5 Å². The van der Waals surface area contributed by atoms with Gasteiger partial charge in [0.1, 0.15) is 22.7 Å². The predicted octanol–water partition coefficient (Wildman–Crippen LogP) is 7.72. The van der Waals surface area contributed by atoms with E-state index >= 15 is 0 Å². The molecule has 0 saturated heterocycles. The van der Waals surface area contributed by atoms with Crippen LogP contribution in [-0.4, -0.2) is 36.7 Å². The summed E-state index contributed by atoms with van der Waals surface area (Å²) >= 11 is 18.8. The van der Waals surface area contributed by atoms with Gasteiger partial charge in [0.05, 0.1) is 17.1 Å². The zero-order chi connectivity index (χ0) is 30.4. The average molecular weight is 637 g/mol. The highest BCUT2D eigenvalue weighted by molar-refractivity contribution is 7.89. The summed E-state index contributed by atoms with van der Waals surface area (Å²) in [5.74, 6) is 0.473. The second-order valence-electron chi connectivity index (χ2n) is 11.1. The van der Waals surface area contributed by atoms with E-state index in [0.29, 0.717) is 15.6 Å². The molecule has 0 radical (unpaired) electrons. The number of nitrogens with one attached hydrogen (secondary N) is 1. The number of carbonyl (C=O) groups is 1. The quantitative estimate of drug-likeness (QED) is 0.212. The first-order valence-corrected chi connectivity index (χ1v) is 15.6. The summed E-state index contributed by atoms with van der Waals surface area (Å²) in [6.07, 6.45) is 0. The summed E-state index contributed by atoms with van der Waals surface area (Å²) in [5, 5.41) is 0.317. The van der Waals surface area contributed by atoms with Gasteiger partial charge < -0.3 is 4.74 Å². The summed E-state index contributed by atoms with van der Waals surface area (Å²) in [7, 11) is -3.87.